The third-order valence-corrected chi connectivity index (χ3v) is 4.17. The van der Waals surface area contributed by atoms with Crippen LogP contribution in [0, 0.1) is 17.8 Å². The highest BCUT2D eigenvalue weighted by Gasteiger charge is 2.75. The van der Waals surface area contributed by atoms with E-state index in [1.807, 2.05) is 0 Å². The van der Waals surface area contributed by atoms with E-state index in [2.05, 4.69) is 0 Å². The van der Waals surface area contributed by atoms with Crippen LogP contribution >= 0.6 is 0 Å². The number of carbonyl (C=O) groups excluding carboxylic acids is 3. The molecule has 0 amide bonds. The van der Waals surface area contributed by atoms with Crippen LogP contribution in [0.1, 0.15) is 27.2 Å². The molecular formula is C14H21NO6. The van der Waals surface area contributed by atoms with Gasteiger partial charge in [0.15, 0.2) is 0 Å². The standard InChI is InChI=1S/C14H21NO6/c1-4-19-12(17)10-9-8(21-7(3)16)6-14(15,11(9)10)13(18)20-5-2/h8-11H,4-6,15H2,1-3H3/t8-,9-,10-,11-,14-/m0/s1. The Morgan fingerprint density at radius 3 is 2.33 bits per heavy atom. The molecule has 21 heavy (non-hydrogen) atoms. The van der Waals surface area contributed by atoms with E-state index in [1.54, 1.807) is 13.8 Å². The molecule has 2 N–H and O–H groups in total. The first-order valence-corrected chi connectivity index (χ1v) is 7.16. The van der Waals surface area contributed by atoms with E-state index in [1.165, 1.54) is 6.92 Å². The maximum atomic E-state index is 12.1. The zero-order chi connectivity index (χ0) is 15.8. The second-order valence-corrected chi connectivity index (χ2v) is 5.49. The van der Waals surface area contributed by atoms with Crippen molar-refractivity contribution < 1.29 is 28.6 Å². The minimum atomic E-state index is -1.29. The Kier molecular flexibility index (Phi) is 4.22. The van der Waals surface area contributed by atoms with Crippen molar-refractivity contribution in [2.75, 3.05) is 13.2 Å². The highest BCUT2D eigenvalue weighted by Crippen LogP contribution is 2.63. The molecule has 0 saturated heterocycles. The molecule has 5 atom stereocenters. The third-order valence-electron chi connectivity index (χ3n) is 4.17. The monoisotopic (exact) mass is 299 g/mol. The number of nitrogens with two attached hydrogens (primary N) is 1. The first kappa shape index (κ1) is 15.8. The molecule has 0 aromatic rings. The van der Waals surface area contributed by atoms with Crippen molar-refractivity contribution in [1.82, 2.24) is 0 Å². The quantitative estimate of drug-likeness (QED) is 0.563. The molecular weight excluding hydrogens is 278 g/mol. The minimum Gasteiger partial charge on any atom is -0.466 e. The lowest BCUT2D eigenvalue weighted by atomic mass is 9.91. The predicted molar refractivity (Wildman–Crippen MR) is 70.8 cm³/mol. The first-order chi connectivity index (χ1) is 9.86. The van der Waals surface area contributed by atoms with Crippen LogP contribution in [0.3, 0.4) is 0 Å². The van der Waals surface area contributed by atoms with E-state index in [0.717, 1.165) is 0 Å². The molecule has 0 aromatic heterocycles. The van der Waals surface area contributed by atoms with Crippen molar-refractivity contribution in [2.24, 2.45) is 23.5 Å². The van der Waals surface area contributed by atoms with Crippen LogP contribution in [0.2, 0.25) is 0 Å². The normalized spacial score (nSPS) is 36.6. The maximum absolute atomic E-state index is 12.1. The van der Waals surface area contributed by atoms with Gasteiger partial charge >= 0.3 is 17.9 Å². The summed E-state index contributed by atoms with van der Waals surface area (Å²) in [6.07, 6.45) is -0.368. The predicted octanol–water partition coefficient (Wildman–Crippen LogP) is 0.00770. The van der Waals surface area contributed by atoms with Crippen LogP contribution in [0.25, 0.3) is 0 Å². The summed E-state index contributed by atoms with van der Waals surface area (Å²) in [4.78, 5) is 35.2. The first-order valence-electron chi connectivity index (χ1n) is 7.16. The number of hydrogen-bond acceptors (Lipinski definition) is 7. The summed E-state index contributed by atoms with van der Waals surface area (Å²) in [7, 11) is 0. The molecule has 0 aromatic carbocycles. The van der Waals surface area contributed by atoms with Gasteiger partial charge in [-0.2, -0.15) is 0 Å². The fourth-order valence-corrected chi connectivity index (χ4v) is 3.43. The van der Waals surface area contributed by atoms with Crippen molar-refractivity contribution in [3.05, 3.63) is 0 Å². The molecule has 0 spiro atoms. The van der Waals surface area contributed by atoms with Gasteiger partial charge in [-0.3, -0.25) is 14.4 Å². The van der Waals surface area contributed by atoms with Crippen LogP contribution in [0.4, 0.5) is 0 Å². The Morgan fingerprint density at radius 2 is 1.81 bits per heavy atom. The Hall–Kier alpha value is -1.63. The molecule has 0 bridgehead atoms. The van der Waals surface area contributed by atoms with Crippen molar-refractivity contribution in [3.8, 4) is 0 Å². The van der Waals surface area contributed by atoms with E-state index in [-0.39, 0.29) is 31.5 Å². The molecule has 2 aliphatic rings. The highest BCUT2D eigenvalue weighted by molar-refractivity contribution is 5.87. The summed E-state index contributed by atoms with van der Waals surface area (Å²) in [5.74, 6) is -2.56. The van der Waals surface area contributed by atoms with Gasteiger partial charge in [-0.1, -0.05) is 0 Å². The van der Waals surface area contributed by atoms with Crippen molar-refractivity contribution in [3.63, 3.8) is 0 Å². The summed E-state index contributed by atoms with van der Waals surface area (Å²) >= 11 is 0. The van der Waals surface area contributed by atoms with Crippen molar-refractivity contribution in [2.45, 2.75) is 38.8 Å². The molecule has 0 aliphatic heterocycles. The Morgan fingerprint density at radius 1 is 1.19 bits per heavy atom. The van der Waals surface area contributed by atoms with Crippen LogP contribution in [0.15, 0.2) is 0 Å². The fourth-order valence-electron chi connectivity index (χ4n) is 3.43. The lowest BCUT2D eigenvalue weighted by molar-refractivity contribution is -0.157. The smallest absolute Gasteiger partial charge is 0.326 e. The summed E-state index contributed by atoms with van der Waals surface area (Å²) in [5.41, 5.74) is 4.90. The van der Waals surface area contributed by atoms with E-state index >= 15 is 0 Å². The highest BCUT2D eigenvalue weighted by atomic mass is 16.6. The second kappa shape index (κ2) is 5.63. The molecule has 118 valence electrons. The van der Waals surface area contributed by atoms with E-state index in [4.69, 9.17) is 19.9 Å². The van der Waals surface area contributed by atoms with Gasteiger partial charge in [-0.15, -0.1) is 0 Å². The van der Waals surface area contributed by atoms with Crippen LogP contribution < -0.4 is 5.73 Å². The van der Waals surface area contributed by atoms with Crippen molar-refractivity contribution >= 4 is 17.9 Å². The van der Waals surface area contributed by atoms with Gasteiger partial charge in [0, 0.05) is 25.2 Å². The lowest BCUT2D eigenvalue weighted by Gasteiger charge is -2.26. The average molecular weight is 299 g/mol. The molecule has 2 saturated carbocycles. The largest absolute Gasteiger partial charge is 0.466 e. The Labute approximate surface area is 123 Å². The zero-order valence-corrected chi connectivity index (χ0v) is 12.5. The van der Waals surface area contributed by atoms with Gasteiger partial charge in [0.25, 0.3) is 0 Å². The summed E-state index contributed by atoms with van der Waals surface area (Å²) in [6, 6.07) is 0. The van der Waals surface area contributed by atoms with E-state index in [9.17, 15) is 14.4 Å². The van der Waals surface area contributed by atoms with Crippen LogP contribution in [0.5, 0.6) is 0 Å². The lowest BCUT2D eigenvalue weighted by Crippen LogP contribution is -2.52. The maximum Gasteiger partial charge on any atom is 0.326 e. The molecule has 2 fully saturated rings. The molecule has 7 heteroatoms. The van der Waals surface area contributed by atoms with Gasteiger partial charge in [-0.05, 0) is 13.8 Å². The number of esters is 3. The average Bonchev–Trinajstić information content (AvgIpc) is 3.07. The number of hydrogen-bond donors (Lipinski definition) is 1. The number of ether oxygens (including phenoxy) is 3. The van der Waals surface area contributed by atoms with E-state index in [0.29, 0.717) is 0 Å². The third kappa shape index (κ3) is 2.62. The van der Waals surface area contributed by atoms with Crippen LogP contribution in [-0.2, 0) is 28.6 Å². The second-order valence-electron chi connectivity index (χ2n) is 5.49. The Balaban J connectivity index is 2.19. The van der Waals surface area contributed by atoms with Gasteiger partial charge in [0.2, 0.25) is 0 Å². The molecule has 7 nitrogen and oxygen atoms in total. The number of rotatable bonds is 5. The van der Waals surface area contributed by atoms with Gasteiger partial charge in [-0.25, -0.2) is 0 Å². The summed E-state index contributed by atoms with van der Waals surface area (Å²) < 4.78 is 15.2. The van der Waals surface area contributed by atoms with Gasteiger partial charge in [0.05, 0.1) is 19.1 Å². The summed E-state index contributed by atoms with van der Waals surface area (Å²) in [5, 5.41) is 0. The topological polar surface area (TPSA) is 105 Å². The minimum absolute atomic E-state index is 0.177. The molecule has 0 radical (unpaired) electrons. The van der Waals surface area contributed by atoms with E-state index < -0.39 is 35.5 Å². The molecule has 0 heterocycles. The molecule has 0 unspecified atom stereocenters. The molecule has 2 rings (SSSR count). The van der Waals surface area contributed by atoms with Crippen LogP contribution in [-0.4, -0.2) is 42.8 Å². The van der Waals surface area contributed by atoms with Gasteiger partial charge in [0.1, 0.15) is 11.6 Å². The fraction of sp³-hybridized carbons (Fsp3) is 0.786. The number of carbonyl (C=O) groups is 3. The SMILES string of the molecule is CCOC(=O)[C@H]1[C@H]2[C@@H]1[C@](N)(C(=O)OCC)C[C@@H]2OC(C)=O. The van der Waals surface area contributed by atoms with Crippen molar-refractivity contribution in [1.29, 1.82) is 0 Å². The number of fused-ring (bicyclic) bond motifs is 1. The summed E-state index contributed by atoms with van der Waals surface area (Å²) in [6.45, 7) is 5.15. The molecule has 2 aliphatic carbocycles. The zero-order valence-electron chi connectivity index (χ0n) is 12.5. The van der Waals surface area contributed by atoms with Gasteiger partial charge < -0.3 is 19.9 Å². The Bertz CT molecular complexity index is 464.